The number of thioether (sulfide) groups is 1. The first-order valence-electron chi connectivity index (χ1n) is 16.9. The van der Waals surface area contributed by atoms with Crippen LogP contribution in [0.2, 0.25) is 0 Å². The molecule has 2 unspecified atom stereocenters. The van der Waals surface area contributed by atoms with Crippen LogP contribution in [-0.4, -0.2) is 54.3 Å². The minimum atomic E-state index is -0.395. The minimum Gasteiger partial charge on any atom is -0.496 e. The summed E-state index contributed by atoms with van der Waals surface area (Å²) in [6.45, 7) is 5.46. The van der Waals surface area contributed by atoms with E-state index in [1.54, 1.807) is 7.11 Å². The van der Waals surface area contributed by atoms with Gasteiger partial charge in [-0.2, -0.15) is 0 Å². The smallest absolute Gasteiger partial charge is 0.286 e. The van der Waals surface area contributed by atoms with E-state index in [0.29, 0.717) is 23.4 Å². The molecule has 6 aromatic rings. The molecule has 0 aliphatic carbocycles. The number of tetrazole rings is 1. The normalized spacial score (nSPS) is 19.5. The van der Waals surface area contributed by atoms with Gasteiger partial charge in [-0.1, -0.05) is 103 Å². The Hall–Kier alpha value is -5.25. The summed E-state index contributed by atoms with van der Waals surface area (Å²) in [6.07, 6.45) is 0. The van der Waals surface area contributed by atoms with Crippen molar-refractivity contribution in [1.29, 1.82) is 0 Å². The fourth-order valence-corrected chi connectivity index (χ4v) is 9.55. The van der Waals surface area contributed by atoms with Crippen molar-refractivity contribution in [2.24, 2.45) is 0 Å². The molecule has 0 spiro atoms. The molecule has 3 atom stereocenters. The number of β-lactam (4-membered cyclic amide) rings is 1. The maximum absolute atomic E-state index is 15.0. The lowest BCUT2D eigenvalue weighted by Crippen LogP contribution is -2.74. The van der Waals surface area contributed by atoms with Crippen molar-refractivity contribution in [2.45, 2.75) is 49.1 Å². The molecule has 0 bridgehead atoms. The molecule has 1 aromatic heterocycles. The molecule has 250 valence electrons. The highest BCUT2D eigenvalue weighted by Crippen LogP contribution is 2.61. The Balaban J connectivity index is 1.17. The Kier molecular flexibility index (Phi) is 8.25. The number of hydrogen-bond acceptors (Lipinski definition) is 6. The number of rotatable bonds is 10. The number of fused-ring (bicyclic) bond motifs is 1. The van der Waals surface area contributed by atoms with Crippen LogP contribution in [0.3, 0.4) is 0 Å². The summed E-state index contributed by atoms with van der Waals surface area (Å²) in [5, 5.41) is 13.0. The van der Waals surface area contributed by atoms with Gasteiger partial charge in [0.15, 0.2) is 5.82 Å². The lowest BCUT2D eigenvalue weighted by Gasteiger charge is -2.53. The predicted molar refractivity (Wildman–Crippen MR) is 199 cm³/mol. The topological polar surface area (TPSA) is 73.1 Å². The molecule has 8 nitrogen and oxygen atoms in total. The molecule has 3 heterocycles. The molecule has 0 saturated carbocycles. The van der Waals surface area contributed by atoms with Crippen LogP contribution in [0.5, 0.6) is 5.75 Å². The zero-order valence-corrected chi connectivity index (χ0v) is 29.1. The van der Waals surface area contributed by atoms with Gasteiger partial charge in [0.2, 0.25) is 6.04 Å². The number of aromatic nitrogens is 4. The fraction of sp³-hybridized carbons (Fsp3) is 0.220. The third-order valence-corrected chi connectivity index (χ3v) is 11.7. The van der Waals surface area contributed by atoms with E-state index in [4.69, 9.17) is 4.74 Å². The second-order valence-electron chi connectivity index (χ2n) is 13.5. The molecule has 9 heteroatoms. The van der Waals surface area contributed by atoms with Crippen molar-refractivity contribution in [1.82, 2.24) is 29.6 Å². The SMILES string of the molecule is COc1ccccc1C[N+](c1ccccc1)(c1ccccc1)C1C(=O)N2C(c3nnnn3Cc3ccc(-c4ccccc4)cc3)C(C)(C)S[C@@H]12. The number of quaternary nitrogens is 1. The van der Waals surface area contributed by atoms with E-state index in [9.17, 15) is 0 Å². The lowest BCUT2D eigenvalue weighted by atomic mass is 9.91. The van der Waals surface area contributed by atoms with Crippen molar-refractivity contribution >= 4 is 29.0 Å². The number of ether oxygens (including phenoxy) is 1. The molecular formula is C41H39N6O2S+. The van der Waals surface area contributed by atoms with Crippen LogP contribution >= 0.6 is 11.8 Å². The van der Waals surface area contributed by atoms with Gasteiger partial charge < -0.3 is 9.64 Å². The molecule has 2 saturated heterocycles. The van der Waals surface area contributed by atoms with E-state index in [1.165, 1.54) is 5.56 Å². The number of carbonyl (C=O) groups excluding carboxylic acids is 1. The second kappa shape index (κ2) is 12.9. The molecule has 8 rings (SSSR count). The Bertz CT molecular complexity index is 2060. The Morgan fingerprint density at radius 3 is 1.98 bits per heavy atom. The molecular weight excluding hydrogens is 641 g/mol. The largest absolute Gasteiger partial charge is 0.496 e. The maximum Gasteiger partial charge on any atom is 0.286 e. The molecule has 0 N–H and O–H groups in total. The van der Waals surface area contributed by atoms with Crippen LogP contribution in [0.4, 0.5) is 11.4 Å². The molecule has 2 aliphatic rings. The van der Waals surface area contributed by atoms with Crippen molar-refractivity contribution in [3.63, 3.8) is 0 Å². The monoisotopic (exact) mass is 679 g/mol. The third kappa shape index (κ3) is 5.37. The van der Waals surface area contributed by atoms with E-state index < -0.39 is 6.04 Å². The van der Waals surface area contributed by atoms with E-state index in [2.05, 4.69) is 120 Å². The summed E-state index contributed by atoms with van der Waals surface area (Å²) in [4.78, 5) is 17.0. The quantitative estimate of drug-likeness (QED) is 0.108. The highest BCUT2D eigenvalue weighted by atomic mass is 32.2. The van der Waals surface area contributed by atoms with Gasteiger partial charge in [-0.15, -0.1) is 16.9 Å². The maximum atomic E-state index is 15.0. The zero-order valence-electron chi connectivity index (χ0n) is 28.3. The van der Waals surface area contributed by atoms with Gasteiger partial charge in [0, 0.05) is 10.3 Å². The summed E-state index contributed by atoms with van der Waals surface area (Å²) in [5.41, 5.74) is 6.56. The lowest BCUT2D eigenvalue weighted by molar-refractivity contribution is -0.154. The number of amides is 1. The van der Waals surface area contributed by atoms with Crippen LogP contribution in [0.25, 0.3) is 11.1 Å². The average Bonchev–Trinajstić information content (AvgIpc) is 3.71. The van der Waals surface area contributed by atoms with Crippen molar-refractivity contribution in [3.05, 3.63) is 156 Å². The van der Waals surface area contributed by atoms with Crippen LogP contribution in [-0.2, 0) is 17.9 Å². The summed E-state index contributed by atoms with van der Waals surface area (Å²) in [5.74, 6) is 1.59. The first-order valence-corrected chi connectivity index (χ1v) is 17.8. The Morgan fingerprint density at radius 1 is 0.760 bits per heavy atom. The van der Waals surface area contributed by atoms with Gasteiger partial charge in [-0.05, 0) is 77.4 Å². The molecule has 5 aromatic carbocycles. The third-order valence-electron chi connectivity index (χ3n) is 10.1. The van der Waals surface area contributed by atoms with Crippen LogP contribution in [0, 0.1) is 0 Å². The standard InChI is InChI=1S/C41H39N6O2S/c1-41(2)37(38-42-43-44-45(38)27-29-23-25-31(26-24-29)30-15-7-4-8-16-30)46-39(48)36(40(46)50-41)47(33-18-9-5-10-19-33,34-20-11-6-12-21-34)28-32-17-13-14-22-35(32)49-3/h4-26,36-37,40H,27-28H2,1-3H3/q+1/t36?,37?,40-/m0/s1. The fourth-order valence-electron chi connectivity index (χ4n) is 7.79. The van der Waals surface area contributed by atoms with Gasteiger partial charge in [0.25, 0.3) is 5.91 Å². The number of methoxy groups -OCH3 is 1. The van der Waals surface area contributed by atoms with Gasteiger partial charge in [-0.3, -0.25) is 4.79 Å². The van der Waals surface area contributed by atoms with Crippen molar-refractivity contribution in [3.8, 4) is 16.9 Å². The minimum absolute atomic E-state index is 0.0856. The number of benzene rings is 5. The number of hydrogen-bond donors (Lipinski definition) is 0. The summed E-state index contributed by atoms with van der Waals surface area (Å²) in [7, 11) is 1.70. The second-order valence-corrected chi connectivity index (χ2v) is 15.2. The van der Waals surface area contributed by atoms with Crippen molar-refractivity contribution in [2.75, 3.05) is 7.11 Å². The van der Waals surface area contributed by atoms with Crippen LogP contribution in [0.15, 0.2) is 140 Å². The van der Waals surface area contributed by atoms with E-state index in [1.807, 2.05) is 69.9 Å². The zero-order chi connectivity index (χ0) is 34.3. The molecule has 2 fully saturated rings. The average molecular weight is 680 g/mol. The number of para-hydroxylation sites is 3. The Morgan fingerprint density at radius 2 is 1.34 bits per heavy atom. The summed E-state index contributed by atoms with van der Waals surface area (Å²) in [6, 6.07) is 47.2. The number of carbonyl (C=O) groups is 1. The molecule has 0 radical (unpaired) electrons. The predicted octanol–water partition coefficient (Wildman–Crippen LogP) is 8.04. The van der Waals surface area contributed by atoms with Crippen LogP contribution in [0.1, 0.15) is 36.8 Å². The Labute approximate surface area is 296 Å². The molecule has 2 aliphatic heterocycles. The van der Waals surface area contributed by atoms with Gasteiger partial charge in [0.05, 0.1) is 13.7 Å². The van der Waals surface area contributed by atoms with Crippen LogP contribution < -0.4 is 9.22 Å². The van der Waals surface area contributed by atoms with E-state index in [0.717, 1.165) is 33.8 Å². The molecule has 50 heavy (non-hydrogen) atoms. The summed E-state index contributed by atoms with van der Waals surface area (Å²) >= 11 is 1.84. The van der Waals surface area contributed by atoms with Gasteiger partial charge in [0.1, 0.15) is 35.1 Å². The van der Waals surface area contributed by atoms with Gasteiger partial charge in [-0.25, -0.2) is 9.16 Å². The number of nitrogens with zero attached hydrogens (tertiary/aromatic N) is 6. The molecule has 1 amide bonds. The first-order chi connectivity index (χ1) is 24.4. The van der Waals surface area contributed by atoms with E-state index in [-0.39, 0.29) is 22.1 Å². The van der Waals surface area contributed by atoms with E-state index >= 15 is 4.79 Å². The van der Waals surface area contributed by atoms with Gasteiger partial charge >= 0.3 is 0 Å². The highest BCUT2D eigenvalue weighted by Gasteiger charge is 2.70. The summed E-state index contributed by atoms with van der Waals surface area (Å²) < 4.78 is 7.70. The van der Waals surface area contributed by atoms with Crippen molar-refractivity contribution < 1.29 is 9.53 Å². The first kappa shape index (κ1) is 32.0. The highest BCUT2D eigenvalue weighted by molar-refractivity contribution is 8.01.